The Bertz CT molecular complexity index is 672. The molecule has 0 atom stereocenters. The second kappa shape index (κ2) is 8.99. The summed E-state index contributed by atoms with van der Waals surface area (Å²) >= 11 is 1.47. The van der Waals surface area contributed by atoms with E-state index in [1.165, 1.54) is 43.2 Å². The second-order valence-electron chi connectivity index (χ2n) is 6.40. The maximum atomic E-state index is 13.2. The van der Waals surface area contributed by atoms with E-state index in [4.69, 9.17) is 0 Å². The van der Waals surface area contributed by atoms with Gasteiger partial charge in [0.2, 0.25) is 5.91 Å². The minimum atomic E-state index is -0.245. The van der Waals surface area contributed by atoms with Crippen LogP contribution >= 0.6 is 11.8 Å². The molecule has 132 valence electrons. The van der Waals surface area contributed by atoms with Crippen LogP contribution < -0.4 is 0 Å². The lowest BCUT2D eigenvalue weighted by molar-refractivity contribution is -0.132. The van der Waals surface area contributed by atoms with Crippen LogP contribution in [0.1, 0.15) is 37.7 Å². The average molecular weight is 358 g/mol. The summed E-state index contributed by atoms with van der Waals surface area (Å²) in [6.45, 7) is 0.548. The Morgan fingerprint density at radius 2 is 1.88 bits per heavy atom. The number of hydrogen-bond acceptors (Lipinski definition) is 3. The van der Waals surface area contributed by atoms with Crippen LogP contribution in [0.4, 0.5) is 4.39 Å². The van der Waals surface area contributed by atoms with Crippen LogP contribution in [0.15, 0.2) is 53.7 Å². The summed E-state index contributed by atoms with van der Waals surface area (Å²) in [4.78, 5) is 19.1. The van der Waals surface area contributed by atoms with Gasteiger partial charge in [0.1, 0.15) is 5.82 Å². The summed E-state index contributed by atoms with van der Waals surface area (Å²) in [6, 6.07) is 12.5. The molecule has 1 aliphatic carbocycles. The van der Waals surface area contributed by atoms with Gasteiger partial charge >= 0.3 is 0 Å². The molecule has 25 heavy (non-hydrogen) atoms. The van der Waals surface area contributed by atoms with Gasteiger partial charge in [0.15, 0.2) is 0 Å². The fourth-order valence-electron chi connectivity index (χ4n) is 3.25. The third kappa shape index (κ3) is 5.30. The van der Waals surface area contributed by atoms with E-state index in [0.29, 0.717) is 12.3 Å². The van der Waals surface area contributed by atoms with E-state index in [1.807, 2.05) is 23.1 Å². The number of carbonyl (C=O) groups excluding carboxylic acids is 1. The first-order valence-electron chi connectivity index (χ1n) is 8.80. The van der Waals surface area contributed by atoms with Crippen LogP contribution in [0.25, 0.3) is 0 Å². The van der Waals surface area contributed by atoms with Gasteiger partial charge in [-0.15, -0.1) is 0 Å². The maximum absolute atomic E-state index is 13.2. The zero-order valence-corrected chi connectivity index (χ0v) is 15.1. The number of carbonyl (C=O) groups is 1. The molecular weight excluding hydrogens is 335 g/mol. The third-order valence-corrected chi connectivity index (χ3v) is 5.51. The Kier molecular flexibility index (Phi) is 6.45. The molecule has 0 bridgehead atoms. The predicted octanol–water partition coefficient (Wildman–Crippen LogP) is 4.67. The summed E-state index contributed by atoms with van der Waals surface area (Å²) in [5, 5.41) is 0.862. The Balaban J connectivity index is 1.68. The highest BCUT2D eigenvalue weighted by atomic mass is 32.2. The van der Waals surface area contributed by atoms with E-state index in [2.05, 4.69) is 4.98 Å². The molecule has 0 unspecified atom stereocenters. The smallest absolute Gasteiger partial charge is 0.233 e. The Labute approximate surface area is 152 Å². The summed E-state index contributed by atoms with van der Waals surface area (Å²) in [5.74, 6) is 0.270. The van der Waals surface area contributed by atoms with E-state index in [0.717, 1.165) is 23.4 Å². The number of amides is 1. The van der Waals surface area contributed by atoms with Crippen molar-refractivity contribution in [1.29, 1.82) is 0 Å². The largest absolute Gasteiger partial charge is 0.335 e. The lowest BCUT2D eigenvalue weighted by Crippen LogP contribution is -2.41. The van der Waals surface area contributed by atoms with Gasteiger partial charge in [0.05, 0.1) is 10.8 Å². The van der Waals surface area contributed by atoms with E-state index in [9.17, 15) is 9.18 Å². The molecule has 5 heteroatoms. The number of rotatable bonds is 6. The van der Waals surface area contributed by atoms with Crippen molar-refractivity contribution in [3.05, 3.63) is 60.0 Å². The van der Waals surface area contributed by atoms with Crippen molar-refractivity contribution < 1.29 is 9.18 Å². The van der Waals surface area contributed by atoms with E-state index >= 15 is 0 Å². The Morgan fingerprint density at radius 1 is 1.12 bits per heavy atom. The number of pyridine rings is 1. The standard InChI is InChI=1S/C20H23FN2OS/c21-17-11-9-16(10-12-17)14-23(18-6-2-1-3-7-18)20(24)15-25-19-8-4-5-13-22-19/h4-5,8-13,18H,1-3,6-7,14-15H2. The first kappa shape index (κ1) is 17.9. The molecule has 0 aliphatic heterocycles. The van der Waals surface area contributed by atoms with Gasteiger partial charge < -0.3 is 4.90 Å². The van der Waals surface area contributed by atoms with Crippen LogP contribution in [0, 0.1) is 5.82 Å². The predicted molar refractivity (Wildman–Crippen MR) is 98.8 cm³/mol. The molecule has 1 fully saturated rings. The maximum Gasteiger partial charge on any atom is 0.233 e. The van der Waals surface area contributed by atoms with Gasteiger partial charge in [-0.25, -0.2) is 9.37 Å². The highest BCUT2D eigenvalue weighted by Crippen LogP contribution is 2.26. The van der Waals surface area contributed by atoms with Crippen LogP contribution in [0.5, 0.6) is 0 Å². The molecule has 1 aliphatic rings. The van der Waals surface area contributed by atoms with E-state index < -0.39 is 0 Å². The lowest BCUT2D eigenvalue weighted by Gasteiger charge is -2.34. The highest BCUT2D eigenvalue weighted by Gasteiger charge is 2.25. The quantitative estimate of drug-likeness (QED) is 0.703. The molecule has 1 amide bonds. The van der Waals surface area contributed by atoms with Gasteiger partial charge in [-0.1, -0.05) is 49.2 Å². The first-order chi connectivity index (χ1) is 12.2. The van der Waals surface area contributed by atoms with Crippen molar-refractivity contribution in [3.63, 3.8) is 0 Å². The molecule has 1 heterocycles. The van der Waals surface area contributed by atoms with Gasteiger partial charge in [0, 0.05) is 18.8 Å². The number of aromatic nitrogens is 1. The lowest BCUT2D eigenvalue weighted by atomic mass is 9.94. The summed E-state index contributed by atoms with van der Waals surface area (Å²) in [7, 11) is 0. The monoisotopic (exact) mass is 358 g/mol. The molecule has 0 spiro atoms. The Morgan fingerprint density at radius 3 is 2.56 bits per heavy atom. The molecule has 3 nitrogen and oxygen atoms in total. The molecule has 0 N–H and O–H groups in total. The first-order valence-corrected chi connectivity index (χ1v) is 9.78. The minimum absolute atomic E-state index is 0.131. The number of thioether (sulfide) groups is 1. The average Bonchev–Trinajstić information content (AvgIpc) is 2.67. The number of hydrogen-bond donors (Lipinski definition) is 0. The van der Waals surface area contributed by atoms with Gasteiger partial charge in [-0.3, -0.25) is 4.79 Å². The molecule has 0 radical (unpaired) electrons. The molecule has 1 saturated carbocycles. The van der Waals surface area contributed by atoms with Crippen LogP contribution in [-0.2, 0) is 11.3 Å². The second-order valence-corrected chi connectivity index (χ2v) is 7.39. The highest BCUT2D eigenvalue weighted by molar-refractivity contribution is 7.99. The molecule has 1 aromatic heterocycles. The fourth-order valence-corrected chi connectivity index (χ4v) is 4.00. The molecule has 1 aromatic carbocycles. The van der Waals surface area contributed by atoms with Gasteiger partial charge in [0.25, 0.3) is 0 Å². The number of halogens is 1. The van der Waals surface area contributed by atoms with Crippen molar-refractivity contribution in [1.82, 2.24) is 9.88 Å². The zero-order chi connectivity index (χ0) is 17.5. The van der Waals surface area contributed by atoms with Crippen molar-refractivity contribution in [2.75, 3.05) is 5.75 Å². The number of nitrogens with zero attached hydrogens (tertiary/aromatic N) is 2. The van der Waals surface area contributed by atoms with Gasteiger partial charge in [-0.2, -0.15) is 0 Å². The van der Waals surface area contributed by atoms with Crippen LogP contribution in [0.2, 0.25) is 0 Å². The summed E-state index contributed by atoms with van der Waals surface area (Å²) in [6.07, 6.45) is 7.45. The number of benzene rings is 1. The van der Waals surface area contributed by atoms with E-state index in [1.54, 1.807) is 18.3 Å². The summed E-state index contributed by atoms with van der Waals surface area (Å²) < 4.78 is 13.2. The molecule has 0 saturated heterocycles. The van der Waals surface area contributed by atoms with Crippen molar-refractivity contribution in [2.45, 2.75) is 49.7 Å². The topological polar surface area (TPSA) is 33.2 Å². The third-order valence-electron chi connectivity index (χ3n) is 4.58. The molecule has 3 rings (SSSR count). The Hall–Kier alpha value is -1.88. The molecular formula is C20H23FN2OS. The summed E-state index contributed by atoms with van der Waals surface area (Å²) in [5.41, 5.74) is 0.975. The minimum Gasteiger partial charge on any atom is -0.335 e. The van der Waals surface area contributed by atoms with Crippen molar-refractivity contribution in [3.8, 4) is 0 Å². The zero-order valence-electron chi connectivity index (χ0n) is 14.2. The molecule has 2 aromatic rings. The normalized spacial score (nSPS) is 15.1. The van der Waals surface area contributed by atoms with Crippen LogP contribution in [0.3, 0.4) is 0 Å². The SMILES string of the molecule is O=C(CSc1ccccn1)N(Cc1ccc(F)cc1)C1CCCCC1. The van der Waals surface area contributed by atoms with Gasteiger partial charge in [-0.05, 0) is 42.7 Å². The van der Waals surface area contributed by atoms with E-state index in [-0.39, 0.29) is 17.8 Å². The van der Waals surface area contributed by atoms with Crippen molar-refractivity contribution >= 4 is 17.7 Å². The van der Waals surface area contributed by atoms with Crippen molar-refractivity contribution in [2.24, 2.45) is 0 Å². The van der Waals surface area contributed by atoms with Crippen LogP contribution in [-0.4, -0.2) is 27.6 Å². The fraction of sp³-hybridized carbons (Fsp3) is 0.400.